The lowest BCUT2D eigenvalue weighted by atomic mass is 10.3. The molecule has 2 N–H and O–H groups in total. The molecular weight excluding hydrogens is 317 g/mol. The fourth-order valence-electron chi connectivity index (χ4n) is 1.94. The molecule has 0 aliphatic carbocycles. The second-order valence-electron chi connectivity index (χ2n) is 4.82. The Labute approximate surface area is 136 Å². The summed E-state index contributed by atoms with van der Waals surface area (Å²) in [7, 11) is 0. The Balaban J connectivity index is 1.72. The highest BCUT2D eigenvalue weighted by atomic mass is 32.1. The summed E-state index contributed by atoms with van der Waals surface area (Å²) in [6, 6.07) is 9.99. The molecule has 0 spiro atoms. The van der Waals surface area contributed by atoms with Gasteiger partial charge in [-0.1, -0.05) is 12.1 Å². The Morgan fingerprint density at radius 1 is 1.30 bits per heavy atom. The number of nitrogens with one attached hydrogen (secondary N) is 2. The van der Waals surface area contributed by atoms with Crippen LogP contribution in [0.3, 0.4) is 0 Å². The third-order valence-corrected chi connectivity index (χ3v) is 3.80. The number of benzene rings is 1. The number of para-hydroxylation sites is 1. The third-order valence-electron chi connectivity index (χ3n) is 3.05. The Hall–Kier alpha value is -2.67. The van der Waals surface area contributed by atoms with Crippen LogP contribution in [0.1, 0.15) is 12.7 Å². The maximum atomic E-state index is 13.6. The van der Waals surface area contributed by atoms with E-state index in [1.54, 1.807) is 30.3 Å². The number of carbonyl (C=O) groups excluding carboxylic acids is 1. The van der Waals surface area contributed by atoms with Gasteiger partial charge in [-0.15, -0.1) is 11.3 Å². The fourth-order valence-corrected chi connectivity index (χ4v) is 2.66. The van der Waals surface area contributed by atoms with Gasteiger partial charge in [0.15, 0.2) is 10.9 Å². The molecule has 7 heteroatoms. The Bertz CT molecular complexity index is 828. The van der Waals surface area contributed by atoms with Crippen LogP contribution in [0.2, 0.25) is 0 Å². The lowest BCUT2D eigenvalue weighted by Gasteiger charge is -2.02. The highest BCUT2D eigenvalue weighted by molar-refractivity contribution is 7.14. The molecule has 23 heavy (non-hydrogen) atoms. The topological polar surface area (TPSA) is 67.2 Å². The zero-order chi connectivity index (χ0) is 16.2. The predicted molar refractivity (Wildman–Crippen MR) is 87.0 cm³/mol. The van der Waals surface area contributed by atoms with E-state index >= 15 is 0 Å². The van der Waals surface area contributed by atoms with Crippen LogP contribution < -0.4 is 10.6 Å². The predicted octanol–water partition coefficient (Wildman–Crippen LogP) is 3.92. The van der Waals surface area contributed by atoms with Gasteiger partial charge < -0.3 is 15.1 Å². The molecule has 0 unspecified atom stereocenters. The number of hydrogen-bond donors (Lipinski definition) is 2. The number of nitrogens with zero attached hydrogens (tertiary/aromatic N) is 1. The first-order chi connectivity index (χ1) is 11.1. The van der Waals surface area contributed by atoms with Gasteiger partial charge in [0.05, 0.1) is 12.2 Å². The summed E-state index contributed by atoms with van der Waals surface area (Å²) < 4.78 is 19.3. The molecule has 118 valence electrons. The summed E-state index contributed by atoms with van der Waals surface area (Å²) in [5, 5.41) is 8.01. The Kier molecular flexibility index (Phi) is 4.38. The standard InChI is InChI=1S/C16H14FN3O2S/c1-10(21)18-8-11-6-7-15(22-11)14-9-23-16(20-14)19-13-5-3-2-4-12(13)17/h2-7,9H,8H2,1H3,(H,18,21)(H,19,20). The summed E-state index contributed by atoms with van der Waals surface area (Å²) in [6.45, 7) is 1.78. The minimum atomic E-state index is -0.333. The quantitative estimate of drug-likeness (QED) is 0.743. The summed E-state index contributed by atoms with van der Waals surface area (Å²) in [6.07, 6.45) is 0. The number of rotatable bonds is 5. The molecule has 1 amide bonds. The van der Waals surface area contributed by atoms with Crippen molar-refractivity contribution >= 4 is 28.1 Å². The second kappa shape index (κ2) is 6.62. The number of amides is 1. The van der Waals surface area contributed by atoms with E-state index in [0.717, 1.165) is 0 Å². The van der Waals surface area contributed by atoms with Gasteiger partial charge in [0, 0.05) is 12.3 Å². The molecule has 0 aliphatic rings. The third kappa shape index (κ3) is 3.75. The van der Waals surface area contributed by atoms with Crippen molar-refractivity contribution in [2.24, 2.45) is 0 Å². The van der Waals surface area contributed by atoms with Crippen LogP contribution in [0, 0.1) is 5.82 Å². The van der Waals surface area contributed by atoms with Gasteiger partial charge in [0.1, 0.15) is 17.3 Å². The molecule has 1 aromatic carbocycles. The first-order valence-corrected chi connectivity index (χ1v) is 7.80. The summed E-state index contributed by atoms with van der Waals surface area (Å²) in [5.41, 5.74) is 1.03. The van der Waals surface area contributed by atoms with Crippen molar-refractivity contribution in [3.05, 3.63) is 53.4 Å². The summed E-state index contributed by atoms with van der Waals surface area (Å²) in [5.74, 6) is 0.794. The lowest BCUT2D eigenvalue weighted by molar-refractivity contribution is -0.119. The van der Waals surface area contributed by atoms with Gasteiger partial charge in [-0.2, -0.15) is 0 Å². The summed E-state index contributed by atoms with van der Waals surface area (Å²) in [4.78, 5) is 15.3. The molecule has 0 saturated carbocycles. The van der Waals surface area contributed by atoms with E-state index in [-0.39, 0.29) is 11.7 Å². The van der Waals surface area contributed by atoms with E-state index in [1.165, 1.54) is 24.3 Å². The van der Waals surface area contributed by atoms with Crippen LogP contribution >= 0.6 is 11.3 Å². The van der Waals surface area contributed by atoms with Gasteiger partial charge in [-0.3, -0.25) is 4.79 Å². The molecule has 0 radical (unpaired) electrons. The second-order valence-corrected chi connectivity index (χ2v) is 5.68. The number of halogens is 1. The van der Waals surface area contributed by atoms with E-state index in [0.29, 0.717) is 34.6 Å². The molecule has 0 bridgehead atoms. The van der Waals surface area contributed by atoms with Crippen LogP contribution in [-0.4, -0.2) is 10.9 Å². The van der Waals surface area contributed by atoms with Crippen molar-refractivity contribution in [3.8, 4) is 11.5 Å². The first-order valence-electron chi connectivity index (χ1n) is 6.92. The monoisotopic (exact) mass is 331 g/mol. The van der Waals surface area contributed by atoms with Crippen LogP contribution in [0.5, 0.6) is 0 Å². The minimum Gasteiger partial charge on any atom is -0.458 e. The number of carbonyl (C=O) groups is 1. The molecular formula is C16H14FN3O2S. The van der Waals surface area contributed by atoms with Gasteiger partial charge >= 0.3 is 0 Å². The molecule has 0 fully saturated rings. The average molecular weight is 331 g/mol. The van der Waals surface area contributed by atoms with Crippen molar-refractivity contribution in [2.75, 3.05) is 5.32 Å². The van der Waals surface area contributed by atoms with E-state index in [1.807, 2.05) is 5.38 Å². The highest BCUT2D eigenvalue weighted by Gasteiger charge is 2.10. The van der Waals surface area contributed by atoms with Crippen molar-refractivity contribution in [1.82, 2.24) is 10.3 Å². The lowest BCUT2D eigenvalue weighted by Crippen LogP contribution is -2.18. The SMILES string of the molecule is CC(=O)NCc1ccc(-c2csc(Nc3ccccc3F)n2)o1. The van der Waals surface area contributed by atoms with Gasteiger partial charge in [0.25, 0.3) is 0 Å². The van der Waals surface area contributed by atoms with Crippen LogP contribution in [0.25, 0.3) is 11.5 Å². The Morgan fingerprint density at radius 3 is 2.91 bits per heavy atom. The van der Waals surface area contributed by atoms with Crippen LogP contribution in [-0.2, 0) is 11.3 Å². The summed E-state index contributed by atoms with van der Waals surface area (Å²) >= 11 is 1.36. The molecule has 3 aromatic rings. The van der Waals surface area contributed by atoms with Crippen molar-refractivity contribution in [1.29, 1.82) is 0 Å². The molecule has 2 aromatic heterocycles. The van der Waals surface area contributed by atoms with Gasteiger partial charge in [-0.05, 0) is 24.3 Å². The fraction of sp³-hybridized carbons (Fsp3) is 0.125. The highest BCUT2D eigenvalue weighted by Crippen LogP contribution is 2.29. The van der Waals surface area contributed by atoms with Crippen molar-refractivity contribution in [3.63, 3.8) is 0 Å². The molecule has 0 aliphatic heterocycles. The maximum absolute atomic E-state index is 13.6. The van der Waals surface area contributed by atoms with Crippen molar-refractivity contribution in [2.45, 2.75) is 13.5 Å². The molecule has 0 saturated heterocycles. The number of anilines is 2. The Morgan fingerprint density at radius 2 is 2.13 bits per heavy atom. The number of furan rings is 1. The number of hydrogen-bond acceptors (Lipinski definition) is 5. The number of thiazole rings is 1. The zero-order valence-electron chi connectivity index (χ0n) is 12.3. The smallest absolute Gasteiger partial charge is 0.217 e. The molecule has 2 heterocycles. The molecule has 5 nitrogen and oxygen atoms in total. The van der Waals surface area contributed by atoms with Gasteiger partial charge in [0.2, 0.25) is 5.91 Å². The molecule has 3 rings (SSSR count). The number of aromatic nitrogens is 1. The van der Waals surface area contributed by atoms with Crippen LogP contribution in [0.4, 0.5) is 15.2 Å². The molecule has 0 atom stereocenters. The van der Waals surface area contributed by atoms with Gasteiger partial charge in [-0.25, -0.2) is 9.37 Å². The van der Waals surface area contributed by atoms with Crippen molar-refractivity contribution < 1.29 is 13.6 Å². The maximum Gasteiger partial charge on any atom is 0.217 e. The van der Waals surface area contributed by atoms with Crippen LogP contribution in [0.15, 0.2) is 46.2 Å². The minimum absolute atomic E-state index is 0.118. The average Bonchev–Trinajstić information content (AvgIpc) is 3.16. The van der Waals surface area contributed by atoms with E-state index in [9.17, 15) is 9.18 Å². The normalized spacial score (nSPS) is 10.5. The van der Waals surface area contributed by atoms with E-state index in [4.69, 9.17) is 4.42 Å². The van der Waals surface area contributed by atoms with E-state index in [2.05, 4.69) is 15.6 Å². The zero-order valence-corrected chi connectivity index (χ0v) is 13.1. The largest absolute Gasteiger partial charge is 0.458 e. The first kappa shape index (κ1) is 15.2. The van der Waals surface area contributed by atoms with E-state index < -0.39 is 0 Å².